The molecule has 1 aromatic carbocycles. The van der Waals surface area contributed by atoms with Crippen LogP contribution in [0, 0.1) is 0 Å². The Bertz CT molecular complexity index is 1010. The third kappa shape index (κ3) is 3.83. The van der Waals surface area contributed by atoms with Crippen molar-refractivity contribution in [1.82, 2.24) is 4.98 Å². The number of furan rings is 1. The minimum Gasteiger partial charge on any atom is -0.495 e. The van der Waals surface area contributed by atoms with Gasteiger partial charge in [0.2, 0.25) is 0 Å². The van der Waals surface area contributed by atoms with Crippen LogP contribution in [-0.2, 0) is 4.74 Å². The maximum Gasteiger partial charge on any atom is 0.153 e. The third-order valence-corrected chi connectivity index (χ3v) is 5.72. The first-order valence-electron chi connectivity index (χ1n) is 9.11. The maximum absolute atomic E-state index is 6.50. The average Bonchev–Trinajstić information content (AvgIpc) is 3.13. The van der Waals surface area contributed by atoms with Gasteiger partial charge in [0.05, 0.1) is 48.7 Å². The van der Waals surface area contributed by atoms with Crippen molar-refractivity contribution in [3.05, 3.63) is 34.4 Å². The van der Waals surface area contributed by atoms with E-state index in [9.17, 15) is 0 Å². The molecule has 1 saturated heterocycles. The van der Waals surface area contributed by atoms with Gasteiger partial charge in [0.25, 0.3) is 0 Å². The number of methoxy groups -OCH3 is 2. The van der Waals surface area contributed by atoms with Crippen molar-refractivity contribution >= 4 is 40.0 Å². The molecule has 1 aliphatic heterocycles. The molecule has 0 amide bonds. The minimum absolute atomic E-state index is 0.00612. The molecule has 3 heterocycles. The number of pyridine rings is 1. The van der Waals surface area contributed by atoms with Crippen molar-refractivity contribution in [1.29, 1.82) is 0 Å². The molecule has 0 bridgehead atoms. The van der Waals surface area contributed by atoms with Crippen molar-refractivity contribution < 1.29 is 18.6 Å². The predicted molar refractivity (Wildman–Crippen MR) is 113 cm³/mol. The van der Waals surface area contributed by atoms with Crippen molar-refractivity contribution in [3.63, 3.8) is 0 Å². The molecule has 154 valence electrons. The van der Waals surface area contributed by atoms with Gasteiger partial charge in [-0.15, -0.1) is 0 Å². The summed E-state index contributed by atoms with van der Waals surface area (Å²) in [5, 5.41) is 4.86. The first kappa shape index (κ1) is 20.1. The first-order chi connectivity index (χ1) is 14.0. The fourth-order valence-electron chi connectivity index (χ4n) is 3.34. The van der Waals surface area contributed by atoms with E-state index in [-0.39, 0.29) is 12.1 Å². The van der Waals surface area contributed by atoms with Gasteiger partial charge in [-0.05, 0) is 18.6 Å². The van der Waals surface area contributed by atoms with Crippen molar-refractivity contribution in [2.75, 3.05) is 32.8 Å². The molecule has 0 unspecified atom stereocenters. The highest BCUT2D eigenvalue weighted by Gasteiger charge is 2.24. The summed E-state index contributed by atoms with van der Waals surface area (Å²) in [4.78, 5) is 4.42. The molecule has 29 heavy (non-hydrogen) atoms. The van der Waals surface area contributed by atoms with Crippen LogP contribution in [0.2, 0.25) is 10.0 Å². The summed E-state index contributed by atoms with van der Waals surface area (Å²) in [6.45, 7) is 1.23. The van der Waals surface area contributed by atoms with Gasteiger partial charge in [-0.2, -0.15) is 0 Å². The molecule has 7 nitrogen and oxygen atoms in total. The van der Waals surface area contributed by atoms with Crippen LogP contribution in [0.25, 0.3) is 22.3 Å². The molecule has 2 atom stereocenters. The van der Waals surface area contributed by atoms with Crippen LogP contribution in [0.4, 0.5) is 5.82 Å². The molecule has 9 heteroatoms. The van der Waals surface area contributed by atoms with Crippen LogP contribution in [0.5, 0.6) is 11.5 Å². The summed E-state index contributed by atoms with van der Waals surface area (Å²) >= 11 is 13.0. The molecule has 1 fully saturated rings. The Morgan fingerprint density at radius 2 is 1.86 bits per heavy atom. The Morgan fingerprint density at radius 1 is 1.14 bits per heavy atom. The molecule has 4 rings (SSSR count). The number of ether oxygens (including phenoxy) is 3. The monoisotopic (exact) mass is 437 g/mol. The van der Waals surface area contributed by atoms with Crippen molar-refractivity contribution in [3.8, 4) is 22.8 Å². The number of hydrogen-bond donors (Lipinski definition) is 2. The number of nitrogens with zero attached hydrogens (tertiary/aromatic N) is 1. The largest absolute Gasteiger partial charge is 0.495 e. The lowest BCUT2D eigenvalue weighted by Gasteiger charge is -2.29. The van der Waals surface area contributed by atoms with E-state index < -0.39 is 0 Å². The number of benzene rings is 1. The highest BCUT2D eigenvalue weighted by Crippen LogP contribution is 2.47. The Morgan fingerprint density at radius 3 is 2.52 bits per heavy atom. The van der Waals surface area contributed by atoms with Gasteiger partial charge in [-0.25, -0.2) is 4.98 Å². The van der Waals surface area contributed by atoms with E-state index in [2.05, 4.69) is 10.3 Å². The Kier molecular flexibility index (Phi) is 5.74. The zero-order valence-corrected chi connectivity index (χ0v) is 17.5. The van der Waals surface area contributed by atoms with Crippen LogP contribution in [0.1, 0.15) is 6.42 Å². The second-order valence-corrected chi connectivity index (χ2v) is 7.54. The Hall–Kier alpha value is -2.19. The average molecular weight is 438 g/mol. The molecule has 0 saturated carbocycles. The zero-order chi connectivity index (χ0) is 20.5. The van der Waals surface area contributed by atoms with Gasteiger partial charge in [-0.3, -0.25) is 0 Å². The lowest BCUT2D eigenvalue weighted by molar-refractivity contribution is 0.0767. The van der Waals surface area contributed by atoms with Gasteiger partial charge >= 0.3 is 0 Å². The molecule has 3 N–H and O–H groups in total. The van der Waals surface area contributed by atoms with Crippen LogP contribution < -0.4 is 20.5 Å². The lowest BCUT2D eigenvalue weighted by atomic mass is 10.0. The summed E-state index contributed by atoms with van der Waals surface area (Å²) in [5.41, 5.74) is 7.26. The van der Waals surface area contributed by atoms with Crippen LogP contribution in [-0.4, -0.2) is 44.5 Å². The summed E-state index contributed by atoms with van der Waals surface area (Å²) in [5.74, 6) is 2.06. The number of hydrogen-bond acceptors (Lipinski definition) is 7. The third-order valence-electron chi connectivity index (χ3n) is 4.97. The van der Waals surface area contributed by atoms with Gasteiger partial charge in [0.15, 0.2) is 5.58 Å². The number of fused-ring (bicyclic) bond motifs is 1. The first-order valence-corrected chi connectivity index (χ1v) is 9.87. The molecule has 3 aromatic rings. The highest BCUT2D eigenvalue weighted by atomic mass is 35.5. The molecule has 2 aromatic heterocycles. The molecular formula is C20H21Cl2N3O4. The number of nitrogens with two attached hydrogens (primary N) is 1. The van der Waals surface area contributed by atoms with Crippen LogP contribution in [0.15, 0.2) is 28.8 Å². The van der Waals surface area contributed by atoms with Gasteiger partial charge in [0, 0.05) is 24.1 Å². The smallest absolute Gasteiger partial charge is 0.153 e. The number of anilines is 1. The van der Waals surface area contributed by atoms with E-state index in [0.29, 0.717) is 57.5 Å². The second-order valence-electron chi connectivity index (χ2n) is 6.78. The number of halogens is 2. The predicted octanol–water partition coefficient (Wildman–Crippen LogP) is 4.35. The van der Waals surface area contributed by atoms with Crippen LogP contribution >= 0.6 is 23.2 Å². The standard InChI is InChI=1S/C20H21Cl2N3O4/c1-26-14-7-15(27-2)20(22)18(19(14)21)13-5-10-6-17(24-8-16(10)29-13)25-12-9-28-4-3-11(12)23/h5-8,11-12H,3-4,9,23H2,1-2H3,(H,24,25)/t11-,12+/m0/s1. The van der Waals surface area contributed by atoms with E-state index in [4.69, 9.17) is 47.6 Å². The fraction of sp³-hybridized carbons (Fsp3) is 0.350. The Labute approximate surface area is 178 Å². The molecular weight excluding hydrogens is 417 g/mol. The zero-order valence-electron chi connectivity index (χ0n) is 16.0. The number of aromatic nitrogens is 1. The highest BCUT2D eigenvalue weighted by molar-refractivity contribution is 6.41. The summed E-state index contributed by atoms with van der Waals surface area (Å²) in [7, 11) is 3.05. The summed E-state index contributed by atoms with van der Waals surface area (Å²) in [6, 6.07) is 5.40. The van der Waals surface area contributed by atoms with Crippen molar-refractivity contribution in [2.45, 2.75) is 18.5 Å². The molecule has 0 spiro atoms. The van der Waals surface area contributed by atoms with Gasteiger partial charge in [-0.1, -0.05) is 23.2 Å². The Balaban J connectivity index is 1.71. The summed E-state index contributed by atoms with van der Waals surface area (Å²) < 4.78 is 22.1. The lowest BCUT2D eigenvalue weighted by Crippen LogP contribution is -2.47. The fourth-order valence-corrected chi connectivity index (χ4v) is 4.03. The van der Waals surface area contributed by atoms with Crippen molar-refractivity contribution in [2.24, 2.45) is 5.73 Å². The molecule has 0 aliphatic carbocycles. The minimum atomic E-state index is 0.00612. The second kappa shape index (κ2) is 8.28. The summed E-state index contributed by atoms with van der Waals surface area (Å²) in [6.07, 6.45) is 2.46. The van der Waals surface area contributed by atoms with E-state index >= 15 is 0 Å². The maximum atomic E-state index is 6.50. The topological polar surface area (TPSA) is 91.8 Å². The van der Waals surface area contributed by atoms with E-state index in [0.717, 1.165) is 11.8 Å². The van der Waals surface area contributed by atoms with E-state index in [1.54, 1.807) is 12.3 Å². The number of rotatable bonds is 5. The van der Waals surface area contributed by atoms with E-state index in [1.165, 1.54) is 14.2 Å². The normalized spacial score (nSPS) is 19.3. The molecule has 0 radical (unpaired) electrons. The SMILES string of the molecule is COc1cc(OC)c(Cl)c(-c2cc3cc(N[C@@H]4COCC[C@@H]4N)ncc3o2)c1Cl. The number of nitrogens with one attached hydrogen (secondary N) is 1. The van der Waals surface area contributed by atoms with Gasteiger partial charge in [0.1, 0.15) is 23.1 Å². The van der Waals surface area contributed by atoms with Gasteiger partial charge < -0.3 is 29.7 Å². The van der Waals surface area contributed by atoms with E-state index in [1.807, 2.05) is 12.1 Å². The quantitative estimate of drug-likeness (QED) is 0.612. The molecule has 1 aliphatic rings. The van der Waals surface area contributed by atoms with Crippen LogP contribution in [0.3, 0.4) is 0 Å².